The van der Waals surface area contributed by atoms with Crippen molar-refractivity contribution in [1.82, 2.24) is 4.90 Å². The second kappa shape index (κ2) is 8.08. The Bertz CT molecular complexity index is 838. The van der Waals surface area contributed by atoms with Gasteiger partial charge in [-0.3, -0.25) is 9.69 Å². The molecule has 2 aromatic carbocycles. The van der Waals surface area contributed by atoms with E-state index in [-0.39, 0.29) is 25.6 Å². The number of nitrogens with zero attached hydrogens (tertiary/aromatic N) is 1. The molecule has 0 heterocycles. The van der Waals surface area contributed by atoms with Crippen molar-refractivity contribution in [3.8, 4) is 11.1 Å². The van der Waals surface area contributed by atoms with Crippen molar-refractivity contribution in [3.05, 3.63) is 71.3 Å². The summed E-state index contributed by atoms with van der Waals surface area (Å²) in [4.78, 5) is 24.8. The maximum Gasteiger partial charge on any atom is 0.410 e. The third-order valence-corrected chi connectivity index (χ3v) is 4.64. The van der Waals surface area contributed by atoms with Crippen molar-refractivity contribution in [2.45, 2.75) is 19.8 Å². The monoisotopic (exact) mass is 365 g/mol. The van der Waals surface area contributed by atoms with Crippen LogP contribution >= 0.6 is 0 Å². The first kappa shape index (κ1) is 18.7. The average Bonchev–Trinajstić information content (AvgIpc) is 2.97. The first-order chi connectivity index (χ1) is 13.0. The van der Waals surface area contributed by atoms with Crippen LogP contribution in [0, 0.1) is 0 Å². The zero-order valence-corrected chi connectivity index (χ0v) is 15.5. The molecule has 5 nitrogen and oxygen atoms in total. The molecule has 0 bridgehead atoms. The van der Waals surface area contributed by atoms with E-state index in [1.54, 1.807) is 0 Å². The number of carbonyl (C=O) groups is 2. The number of fused-ring (bicyclic) bond motifs is 3. The van der Waals surface area contributed by atoms with Gasteiger partial charge >= 0.3 is 12.1 Å². The highest BCUT2D eigenvalue weighted by atomic mass is 16.6. The molecule has 0 saturated carbocycles. The smallest absolute Gasteiger partial charge is 0.410 e. The van der Waals surface area contributed by atoms with Crippen molar-refractivity contribution in [1.29, 1.82) is 0 Å². The highest BCUT2D eigenvalue weighted by molar-refractivity contribution is 5.79. The second-order valence-electron chi connectivity index (χ2n) is 6.86. The Morgan fingerprint density at radius 2 is 1.59 bits per heavy atom. The summed E-state index contributed by atoms with van der Waals surface area (Å²) in [6.45, 7) is 3.80. The third kappa shape index (κ3) is 4.19. The molecule has 2 aromatic rings. The molecule has 1 N–H and O–H groups in total. The number of hydrogen-bond acceptors (Lipinski definition) is 3. The molecule has 0 unspecified atom stereocenters. The molecule has 0 atom stereocenters. The number of rotatable bonds is 6. The molecule has 140 valence electrons. The van der Waals surface area contributed by atoms with Gasteiger partial charge in [0.15, 0.2) is 0 Å². The molecule has 3 rings (SSSR count). The van der Waals surface area contributed by atoms with Crippen LogP contribution in [0.3, 0.4) is 0 Å². The summed E-state index contributed by atoms with van der Waals surface area (Å²) >= 11 is 0. The molecule has 0 radical (unpaired) electrons. The van der Waals surface area contributed by atoms with E-state index >= 15 is 0 Å². The Labute approximate surface area is 158 Å². The van der Waals surface area contributed by atoms with E-state index in [0.29, 0.717) is 0 Å². The van der Waals surface area contributed by atoms with Crippen molar-refractivity contribution < 1.29 is 19.4 Å². The van der Waals surface area contributed by atoms with Crippen molar-refractivity contribution in [3.63, 3.8) is 0 Å². The van der Waals surface area contributed by atoms with Crippen LogP contribution in [0.1, 0.15) is 30.9 Å². The van der Waals surface area contributed by atoms with E-state index in [1.807, 2.05) is 56.3 Å². The van der Waals surface area contributed by atoms with Crippen molar-refractivity contribution >= 4 is 12.1 Å². The molecule has 1 aliphatic carbocycles. The topological polar surface area (TPSA) is 66.8 Å². The molecular weight excluding hydrogens is 342 g/mol. The fraction of sp³-hybridized carbons (Fsp3) is 0.273. The maximum atomic E-state index is 12.5. The fourth-order valence-electron chi connectivity index (χ4n) is 3.34. The number of carbonyl (C=O) groups excluding carboxylic acids is 1. The van der Waals surface area contributed by atoms with Crippen molar-refractivity contribution in [2.24, 2.45) is 0 Å². The van der Waals surface area contributed by atoms with Gasteiger partial charge in [-0.2, -0.15) is 0 Å². The fourth-order valence-corrected chi connectivity index (χ4v) is 3.34. The Morgan fingerprint density at radius 1 is 1.04 bits per heavy atom. The van der Waals surface area contributed by atoms with E-state index in [1.165, 1.54) is 4.90 Å². The highest BCUT2D eigenvalue weighted by Gasteiger charge is 2.29. The molecule has 0 spiro atoms. The SMILES string of the molecule is CC(C)=CCN(CC(=O)O)C(=O)OCC1c2ccccc2-c2ccccc21. The molecule has 0 aliphatic heterocycles. The first-order valence-corrected chi connectivity index (χ1v) is 8.92. The van der Waals surface area contributed by atoms with Crippen LogP contribution in [0.5, 0.6) is 0 Å². The lowest BCUT2D eigenvalue weighted by Gasteiger charge is -2.21. The van der Waals surface area contributed by atoms with Gasteiger partial charge in [-0.15, -0.1) is 0 Å². The first-order valence-electron chi connectivity index (χ1n) is 8.92. The molecule has 27 heavy (non-hydrogen) atoms. The highest BCUT2D eigenvalue weighted by Crippen LogP contribution is 2.44. The predicted octanol–water partition coefficient (Wildman–Crippen LogP) is 4.29. The quantitative estimate of drug-likeness (QED) is 0.776. The third-order valence-electron chi connectivity index (χ3n) is 4.64. The number of amides is 1. The maximum absolute atomic E-state index is 12.5. The number of benzene rings is 2. The minimum Gasteiger partial charge on any atom is -0.480 e. The van der Waals surface area contributed by atoms with Gasteiger partial charge in [0.2, 0.25) is 0 Å². The molecular formula is C22H23NO4. The van der Waals surface area contributed by atoms with Gasteiger partial charge in [-0.05, 0) is 36.1 Å². The van der Waals surface area contributed by atoms with Crippen LogP contribution in [0.2, 0.25) is 0 Å². The van der Waals surface area contributed by atoms with Crippen LogP contribution in [-0.2, 0) is 9.53 Å². The number of carboxylic acid groups (broad SMARTS) is 1. The second-order valence-corrected chi connectivity index (χ2v) is 6.86. The number of allylic oxidation sites excluding steroid dienone is 1. The summed E-state index contributed by atoms with van der Waals surface area (Å²) in [5.74, 6) is -1.11. The summed E-state index contributed by atoms with van der Waals surface area (Å²) in [5, 5.41) is 9.07. The van der Waals surface area contributed by atoms with Gasteiger partial charge in [0, 0.05) is 12.5 Å². The Morgan fingerprint density at radius 3 is 2.11 bits per heavy atom. The van der Waals surface area contributed by atoms with E-state index in [0.717, 1.165) is 27.8 Å². The van der Waals surface area contributed by atoms with E-state index in [2.05, 4.69) is 12.1 Å². The summed E-state index contributed by atoms with van der Waals surface area (Å²) in [6, 6.07) is 16.2. The molecule has 0 aromatic heterocycles. The average molecular weight is 365 g/mol. The van der Waals surface area contributed by atoms with Crippen molar-refractivity contribution in [2.75, 3.05) is 19.7 Å². The van der Waals surface area contributed by atoms with Crippen LogP contribution < -0.4 is 0 Å². The number of aliphatic carboxylic acids is 1. The van der Waals surface area contributed by atoms with Gasteiger partial charge in [-0.25, -0.2) is 4.79 Å². The number of ether oxygens (including phenoxy) is 1. The summed E-state index contributed by atoms with van der Waals surface area (Å²) in [5.41, 5.74) is 5.57. The van der Waals surface area contributed by atoms with Gasteiger partial charge in [0.05, 0.1) is 0 Å². The Hall–Kier alpha value is -3.08. The zero-order chi connectivity index (χ0) is 19.4. The summed E-state index contributed by atoms with van der Waals surface area (Å²) in [6.07, 6.45) is 1.20. The van der Waals surface area contributed by atoms with Gasteiger partial charge in [0.1, 0.15) is 13.2 Å². The van der Waals surface area contributed by atoms with Gasteiger partial charge in [0.25, 0.3) is 0 Å². The van der Waals surface area contributed by atoms with Gasteiger partial charge < -0.3 is 9.84 Å². The lowest BCUT2D eigenvalue weighted by molar-refractivity contribution is -0.137. The molecule has 5 heteroatoms. The lowest BCUT2D eigenvalue weighted by atomic mass is 9.98. The summed E-state index contributed by atoms with van der Waals surface area (Å²) in [7, 11) is 0. The van der Waals surface area contributed by atoms with Crippen LogP contribution in [0.25, 0.3) is 11.1 Å². The van der Waals surface area contributed by atoms with Crippen LogP contribution in [0.4, 0.5) is 4.79 Å². The number of hydrogen-bond donors (Lipinski definition) is 1. The minimum absolute atomic E-state index is 0.0449. The number of carboxylic acids is 1. The Kier molecular flexibility index (Phi) is 5.60. The van der Waals surface area contributed by atoms with E-state index < -0.39 is 12.1 Å². The summed E-state index contributed by atoms with van der Waals surface area (Å²) < 4.78 is 5.53. The molecule has 1 aliphatic rings. The largest absolute Gasteiger partial charge is 0.480 e. The minimum atomic E-state index is -1.06. The molecule has 0 saturated heterocycles. The molecule has 1 amide bonds. The van der Waals surface area contributed by atoms with E-state index in [4.69, 9.17) is 9.84 Å². The van der Waals surface area contributed by atoms with Crippen LogP contribution in [-0.4, -0.2) is 41.8 Å². The normalized spacial score (nSPS) is 12.1. The molecule has 0 fully saturated rings. The van der Waals surface area contributed by atoms with Gasteiger partial charge in [-0.1, -0.05) is 60.2 Å². The Balaban J connectivity index is 1.76. The lowest BCUT2D eigenvalue weighted by Crippen LogP contribution is -2.37. The predicted molar refractivity (Wildman–Crippen MR) is 104 cm³/mol. The van der Waals surface area contributed by atoms with Crippen LogP contribution in [0.15, 0.2) is 60.2 Å². The standard InChI is InChI=1S/C22H23NO4/c1-15(2)11-12-23(13-21(24)25)22(26)27-14-20-18-9-5-3-7-16(18)17-8-4-6-10-19(17)20/h3-11,20H,12-14H2,1-2H3,(H,24,25). The zero-order valence-electron chi connectivity index (χ0n) is 15.5. The van der Waals surface area contributed by atoms with E-state index in [9.17, 15) is 9.59 Å².